The maximum atomic E-state index is 6.00. The van der Waals surface area contributed by atoms with Crippen molar-refractivity contribution in [1.82, 2.24) is 10.6 Å². The van der Waals surface area contributed by atoms with Gasteiger partial charge in [0.15, 0.2) is 5.96 Å². The van der Waals surface area contributed by atoms with Crippen molar-refractivity contribution in [3.8, 4) is 0 Å². The van der Waals surface area contributed by atoms with Crippen molar-refractivity contribution in [3.05, 3.63) is 12.2 Å². The van der Waals surface area contributed by atoms with Crippen molar-refractivity contribution >= 4 is 5.96 Å². The molecule has 0 aromatic rings. The van der Waals surface area contributed by atoms with Gasteiger partial charge < -0.3 is 15.4 Å². The van der Waals surface area contributed by atoms with Gasteiger partial charge in [0.25, 0.3) is 0 Å². The van der Waals surface area contributed by atoms with Crippen LogP contribution in [0, 0.1) is 11.3 Å². The number of hydrogen-bond donors (Lipinski definition) is 2. The van der Waals surface area contributed by atoms with Crippen molar-refractivity contribution in [2.45, 2.75) is 63.6 Å². The molecule has 4 aliphatic rings. The molecule has 116 valence electrons. The highest BCUT2D eigenvalue weighted by Gasteiger charge is 2.66. The number of nitrogens with one attached hydrogen (secondary N) is 2. The monoisotopic (exact) mass is 289 g/mol. The number of guanidine groups is 1. The minimum Gasteiger partial charge on any atom is -0.377 e. The van der Waals surface area contributed by atoms with Gasteiger partial charge in [-0.3, -0.25) is 4.99 Å². The van der Waals surface area contributed by atoms with E-state index in [2.05, 4.69) is 34.7 Å². The van der Waals surface area contributed by atoms with Crippen LogP contribution >= 0.6 is 0 Å². The molecule has 0 amide bonds. The van der Waals surface area contributed by atoms with E-state index >= 15 is 0 Å². The standard InChI is InChI=1S/C17H27N3O/c1-2-18-16(19-12-6-3-4-7-12)20-14-13-8-11-21-15(13)17(14)9-5-10-17/h3-4,12-15H,2,5-11H2,1H3,(H2,18,19,20). The van der Waals surface area contributed by atoms with Gasteiger partial charge in [-0.1, -0.05) is 18.6 Å². The average molecular weight is 289 g/mol. The Labute approximate surface area is 127 Å². The van der Waals surface area contributed by atoms with E-state index in [1.54, 1.807) is 0 Å². The Kier molecular flexibility index (Phi) is 3.44. The molecule has 1 aliphatic heterocycles. The normalized spacial score (nSPS) is 37.2. The molecule has 1 heterocycles. The van der Waals surface area contributed by atoms with Crippen LogP contribution in [-0.2, 0) is 4.74 Å². The van der Waals surface area contributed by atoms with E-state index < -0.39 is 0 Å². The second-order valence-corrected chi connectivity index (χ2v) is 7.06. The number of hydrogen-bond acceptors (Lipinski definition) is 2. The summed E-state index contributed by atoms with van der Waals surface area (Å²) in [5.41, 5.74) is 0.422. The number of fused-ring (bicyclic) bond motifs is 2. The van der Waals surface area contributed by atoms with Crippen LogP contribution in [0.1, 0.15) is 45.4 Å². The van der Waals surface area contributed by atoms with Crippen LogP contribution < -0.4 is 10.6 Å². The molecule has 3 fully saturated rings. The predicted molar refractivity (Wildman–Crippen MR) is 84.3 cm³/mol. The SMILES string of the molecule is CCN=C(NC1CC=CC1)NC1C2CCOC2C12CCC2. The van der Waals surface area contributed by atoms with Crippen molar-refractivity contribution in [3.63, 3.8) is 0 Å². The van der Waals surface area contributed by atoms with Crippen molar-refractivity contribution in [2.24, 2.45) is 16.3 Å². The van der Waals surface area contributed by atoms with Crippen LogP contribution in [0.15, 0.2) is 17.1 Å². The third-order valence-electron chi connectivity index (χ3n) is 5.99. The zero-order valence-corrected chi connectivity index (χ0v) is 13.0. The Morgan fingerprint density at radius 3 is 2.76 bits per heavy atom. The topological polar surface area (TPSA) is 45.7 Å². The molecule has 0 radical (unpaired) electrons. The first kappa shape index (κ1) is 13.6. The smallest absolute Gasteiger partial charge is 0.191 e. The highest BCUT2D eigenvalue weighted by Crippen LogP contribution is 2.62. The zero-order chi connectivity index (χ0) is 14.3. The first-order valence-corrected chi connectivity index (χ1v) is 8.67. The maximum Gasteiger partial charge on any atom is 0.191 e. The number of ether oxygens (including phenoxy) is 1. The summed E-state index contributed by atoms with van der Waals surface area (Å²) in [6.07, 6.45) is 12.5. The lowest BCUT2D eigenvalue weighted by Gasteiger charge is -2.63. The van der Waals surface area contributed by atoms with E-state index in [0.29, 0.717) is 29.5 Å². The third-order valence-corrected chi connectivity index (χ3v) is 5.99. The van der Waals surface area contributed by atoms with Gasteiger partial charge in [-0.05, 0) is 39.0 Å². The van der Waals surface area contributed by atoms with Crippen molar-refractivity contribution < 1.29 is 4.74 Å². The molecule has 0 bridgehead atoms. The summed E-state index contributed by atoms with van der Waals surface area (Å²) >= 11 is 0. The Balaban J connectivity index is 1.43. The first-order valence-electron chi connectivity index (χ1n) is 8.67. The number of rotatable bonds is 3. The van der Waals surface area contributed by atoms with E-state index in [1.807, 2.05) is 0 Å². The van der Waals surface area contributed by atoms with E-state index in [1.165, 1.54) is 25.7 Å². The lowest BCUT2D eigenvalue weighted by Crippen LogP contribution is -2.72. The molecule has 3 atom stereocenters. The molecule has 2 N–H and O–H groups in total. The molecule has 4 rings (SSSR count). The van der Waals surface area contributed by atoms with E-state index in [0.717, 1.165) is 32.0 Å². The summed E-state index contributed by atoms with van der Waals surface area (Å²) < 4.78 is 6.00. The summed E-state index contributed by atoms with van der Waals surface area (Å²) in [4.78, 5) is 4.67. The van der Waals surface area contributed by atoms with E-state index in [9.17, 15) is 0 Å². The molecule has 1 saturated heterocycles. The molecule has 1 spiro atoms. The molecular formula is C17H27N3O. The lowest BCUT2D eigenvalue weighted by molar-refractivity contribution is -0.171. The zero-order valence-electron chi connectivity index (χ0n) is 13.0. The summed E-state index contributed by atoms with van der Waals surface area (Å²) in [6.45, 7) is 3.90. The summed E-state index contributed by atoms with van der Waals surface area (Å²) in [6, 6.07) is 1.10. The predicted octanol–water partition coefficient (Wildman–Crippen LogP) is 2.22. The van der Waals surface area contributed by atoms with Crippen molar-refractivity contribution in [2.75, 3.05) is 13.2 Å². The van der Waals surface area contributed by atoms with Gasteiger partial charge in [0.2, 0.25) is 0 Å². The highest BCUT2D eigenvalue weighted by atomic mass is 16.5. The lowest BCUT2D eigenvalue weighted by atomic mass is 9.46. The molecule has 3 unspecified atom stereocenters. The molecule has 4 nitrogen and oxygen atoms in total. The van der Waals surface area contributed by atoms with Crippen LogP contribution in [0.25, 0.3) is 0 Å². The average Bonchev–Trinajstić information content (AvgIpc) is 3.05. The van der Waals surface area contributed by atoms with Gasteiger partial charge in [0, 0.05) is 36.6 Å². The Hall–Kier alpha value is -1.03. The molecule has 2 saturated carbocycles. The van der Waals surface area contributed by atoms with Crippen LogP contribution in [0.2, 0.25) is 0 Å². The first-order chi connectivity index (χ1) is 10.3. The molecule has 0 aromatic heterocycles. The second-order valence-electron chi connectivity index (χ2n) is 7.06. The van der Waals surface area contributed by atoms with Crippen LogP contribution in [0.3, 0.4) is 0 Å². The minimum atomic E-state index is 0.422. The third kappa shape index (κ3) is 2.10. The molecule has 0 aromatic carbocycles. The van der Waals surface area contributed by atoms with Gasteiger partial charge in [0.1, 0.15) is 0 Å². The summed E-state index contributed by atoms with van der Waals surface area (Å²) in [5.74, 6) is 1.73. The van der Waals surface area contributed by atoms with Crippen LogP contribution in [-0.4, -0.2) is 37.3 Å². The number of nitrogens with zero attached hydrogens (tertiary/aromatic N) is 1. The van der Waals surface area contributed by atoms with Gasteiger partial charge >= 0.3 is 0 Å². The quantitative estimate of drug-likeness (QED) is 0.476. The fourth-order valence-corrected chi connectivity index (χ4v) is 4.82. The second kappa shape index (κ2) is 5.31. The number of aliphatic imine (C=N–C) groups is 1. The minimum absolute atomic E-state index is 0.422. The van der Waals surface area contributed by atoms with Crippen LogP contribution in [0.5, 0.6) is 0 Å². The van der Waals surface area contributed by atoms with Gasteiger partial charge in [-0.25, -0.2) is 0 Å². The van der Waals surface area contributed by atoms with E-state index in [4.69, 9.17) is 4.74 Å². The Morgan fingerprint density at radius 1 is 1.29 bits per heavy atom. The summed E-state index contributed by atoms with van der Waals surface area (Å²) in [5, 5.41) is 7.39. The maximum absolute atomic E-state index is 6.00. The molecule has 21 heavy (non-hydrogen) atoms. The van der Waals surface area contributed by atoms with Gasteiger partial charge in [-0.15, -0.1) is 0 Å². The molecule has 3 aliphatic carbocycles. The Bertz CT molecular complexity index is 447. The fraction of sp³-hybridized carbons (Fsp3) is 0.824. The van der Waals surface area contributed by atoms with Crippen LogP contribution in [0.4, 0.5) is 0 Å². The van der Waals surface area contributed by atoms with E-state index in [-0.39, 0.29) is 0 Å². The molecular weight excluding hydrogens is 262 g/mol. The van der Waals surface area contributed by atoms with Crippen molar-refractivity contribution in [1.29, 1.82) is 0 Å². The van der Waals surface area contributed by atoms with Gasteiger partial charge in [0.05, 0.1) is 6.10 Å². The van der Waals surface area contributed by atoms with Gasteiger partial charge in [-0.2, -0.15) is 0 Å². The highest BCUT2D eigenvalue weighted by molar-refractivity contribution is 5.81. The Morgan fingerprint density at radius 2 is 2.10 bits per heavy atom. The largest absolute Gasteiger partial charge is 0.377 e. The fourth-order valence-electron chi connectivity index (χ4n) is 4.82. The summed E-state index contributed by atoms with van der Waals surface area (Å²) in [7, 11) is 0. The molecule has 4 heteroatoms.